The number of hydrogen-bond acceptors (Lipinski definition) is 3. The summed E-state index contributed by atoms with van der Waals surface area (Å²) in [7, 11) is 0. The van der Waals surface area contributed by atoms with Crippen LogP contribution in [0.1, 0.15) is 20.3 Å². The number of thioether (sulfide) groups is 2. The second-order valence-electron chi connectivity index (χ2n) is 3.11. The van der Waals surface area contributed by atoms with Crippen molar-refractivity contribution in [1.29, 1.82) is 0 Å². The summed E-state index contributed by atoms with van der Waals surface area (Å²) in [4.78, 5) is 0. The van der Waals surface area contributed by atoms with Gasteiger partial charge in [-0.1, -0.05) is 6.92 Å². The smallest absolute Gasteiger partial charge is 0.0778 e. The molecule has 0 aliphatic carbocycles. The largest absolute Gasteiger partial charge is 0.391 e. The van der Waals surface area contributed by atoms with Gasteiger partial charge < -0.3 is 5.11 Å². The molecule has 13 heavy (non-hydrogen) atoms. The predicted molar refractivity (Wildman–Crippen MR) is 62.2 cm³/mol. The maximum atomic E-state index is 9.84. The molecular weight excluding hydrogens is 200 g/mol. The van der Waals surface area contributed by atoms with Crippen molar-refractivity contribution in [1.82, 2.24) is 0 Å². The quantitative estimate of drug-likeness (QED) is 0.713. The molecule has 0 bridgehead atoms. The molecule has 0 radical (unpaired) electrons. The van der Waals surface area contributed by atoms with Gasteiger partial charge >= 0.3 is 0 Å². The Morgan fingerprint density at radius 1 is 1.46 bits per heavy atom. The molecule has 1 nitrogen and oxygen atoms in total. The highest BCUT2D eigenvalue weighted by Gasteiger charge is 2.28. The number of hydrogen-bond donors (Lipinski definition) is 1. The number of aliphatic hydroxyl groups is 1. The third kappa shape index (κ3) is 3.46. The second-order valence-corrected chi connectivity index (χ2v) is 5.88. The van der Waals surface area contributed by atoms with E-state index in [4.69, 9.17) is 0 Å². The molecule has 0 aromatic rings. The lowest BCUT2D eigenvalue weighted by Gasteiger charge is -2.30. The molecule has 1 aliphatic rings. The second kappa shape index (κ2) is 5.85. The third-order valence-electron chi connectivity index (χ3n) is 2.10. The zero-order chi connectivity index (χ0) is 9.68. The standard InChI is InChI=1S/C10H16OS2/c1-3-4-5-9(11)10-8(2)12-6-7-13-10/h8-11H,5-7H2,1-2H3. The van der Waals surface area contributed by atoms with Crippen LogP contribution < -0.4 is 0 Å². The lowest BCUT2D eigenvalue weighted by atomic mass is 10.1. The average Bonchev–Trinajstić information content (AvgIpc) is 2.15. The minimum absolute atomic E-state index is 0.250. The van der Waals surface area contributed by atoms with E-state index in [0.717, 1.165) is 5.75 Å². The van der Waals surface area contributed by atoms with Gasteiger partial charge in [0.05, 0.1) is 6.10 Å². The monoisotopic (exact) mass is 216 g/mol. The molecule has 1 heterocycles. The van der Waals surface area contributed by atoms with E-state index in [1.165, 1.54) is 5.75 Å². The van der Waals surface area contributed by atoms with Gasteiger partial charge in [-0.25, -0.2) is 0 Å². The van der Waals surface area contributed by atoms with E-state index in [0.29, 0.717) is 16.9 Å². The number of aliphatic hydroxyl groups excluding tert-OH is 1. The molecule has 1 N–H and O–H groups in total. The SMILES string of the molecule is CC#CCC(O)C1SCCSC1C. The summed E-state index contributed by atoms with van der Waals surface area (Å²) in [5.41, 5.74) is 0. The average molecular weight is 216 g/mol. The Morgan fingerprint density at radius 2 is 2.15 bits per heavy atom. The van der Waals surface area contributed by atoms with Crippen molar-refractivity contribution in [3.8, 4) is 11.8 Å². The van der Waals surface area contributed by atoms with Crippen LogP contribution in [0.3, 0.4) is 0 Å². The molecule has 3 unspecified atom stereocenters. The molecule has 1 fully saturated rings. The summed E-state index contributed by atoms with van der Waals surface area (Å²) in [6.45, 7) is 4.02. The predicted octanol–water partition coefficient (Wildman–Crippen LogP) is 2.00. The summed E-state index contributed by atoms with van der Waals surface area (Å²) in [5, 5.41) is 10.8. The fourth-order valence-electron chi connectivity index (χ4n) is 1.40. The first-order chi connectivity index (χ1) is 6.25. The lowest BCUT2D eigenvalue weighted by molar-refractivity contribution is 0.176. The maximum Gasteiger partial charge on any atom is 0.0778 e. The Balaban J connectivity index is 2.41. The lowest BCUT2D eigenvalue weighted by Crippen LogP contribution is -2.34. The van der Waals surface area contributed by atoms with Crippen molar-refractivity contribution in [2.75, 3.05) is 11.5 Å². The zero-order valence-corrected chi connectivity index (χ0v) is 9.75. The number of rotatable bonds is 2. The Labute approximate surface area is 89.1 Å². The Morgan fingerprint density at radius 3 is 2.77 bits per heavy atom. The van der Waals surface area contributed by atoms with Crippen LogP contribution in [0.25, 0.3) is 0 Å². The summed E-state index contributed by atoms with van der Waals surface area (Å²) >= 11 is 3.85. The van der Waals surface area contributed by atoms with Gasteiger partial charge in [0.15, 0.2) is 0 Å². The summed E-state index contributed by atoms with van der Waals surface area (Å²) < 4.78 is 0. The Hall–Kier alpha value is 0.220. The van der Waals surface area contributed by atoms with Crippen molar-refractivity contribution in [3.63, 3.8) is 0 Å². The summed E-state index contributed by atoms with van der Waals surface area (Å²) in [6.07, 6.45) is 0.374. The van der Waals surface area contributed by atoms with Crippen LogP contribution in [0.4, 0.5) is 0 Å². The van der Waals surface area contributed by atoms with E-state index >= 15 is 0 Å². The normalized spacial score (nSPS) is 30.4. The van der Waals surface area contributed by atoms with E-state index in [9.17, 15) is 5.11 Å². The van der Waals surface area contributed by atoms with Crippen molar-refractivity contribution in [3.05, 3.63) is 0 Å². The van der Waals surface area contributed by atoms with E-state index in [1.807, 2.05) is 30.4 Å². The molecule has 0 aromatic carbocycles. The van der Waals surface area contributed by atoms with E-state index in [1.54, 1.807) is 0 Å². The molecule has 0 spiro atoms. The van der Waals surface area contributed by atoms with Crippen LogP contribution in [0.15, 0.2) is 0 Å². The van der Waals surface area contributed by atoms with Crippen LogP contribution in [-0.2, 0) is 0 Å². The first-order valence-corrected chi connectivity index (χ1v) is 6.66. The minimum Gasteiger partial charge on any atom is -0.391 e. The first kappa shape index (κ1) is 11.3. The maximum absolute atomic E-state index is 9.84. The van der Waals surface area contributed by atoms with Crippen molar-refractivity contribution in [2.45, 2.75) is 36.9 Å². The summed E-state index contributed by atoms with van der Waals surface area (Å²) in [6, 6.07) is 0. The topological polar surface area (TPSA) is 20.2 Å². The molecule has 1 aliphatic heterocycles. The Kier molecular flexibility index (Phi) is 5.08. The van der Waals surface area contributed by atoms with Crippen LogP contribution >= 0.6 is 23.5 Å². The van der Waals surface area contributed by atoms with Crippen molar-refractivity contribution >= 4 is 23.5 Å². The van der Waals surface area contributed by atoms with Crippen LogP contribution in [-0.4, -0.2) is 33.2 Å². The van der Waals surface area contributed by atoms with E-state index < -0.39 is 0 Å². The molecule has 1 rings (SSSR count). The van der Waals surface area contributed by atoms with Crippen LogP contribution in [0, 0.1) is 11.8 Å². The molecule has 3 atom stereocenters. The van der Waals surface area contributed by atoms with Gasteiger partial charge in [0.2, 0.25) is 0 Å². The highest BCUT2D eigenvalue weighted by atomic mass is 32.2. The molecule has 0 amide bonds. The highest BCUT2D eigenvalue weighted by molar-refractivity contribution is 8.07. The van der Waals surface area contributed by atoms with E-state index in [-0.39, 0.29) is 6.10 Å². The molecule has 0 saturated carbocycles. The molecular formula is C10H16OS2. The van der Waals surface area contributed by atoms with E-state index in [2.05, 4.69) is 18.8 Å². The van der Waals surface area contributed by atoms with Crippen LogP contribution in [0.5, 0.6) is 0 Å². The molecule has 1 saturated heterocycles. The van der Waals surface area contributed by atoms with Gasteiger partial charge in [-0.05, 0) is 6.92 Å². The first-order valence-electron chi connectivity index (χ1n) is 4.56. The van der Waals surface area contributed by atoms with Crippen molar-refractivity contribution < 1.29 is 5.11 Å². The van der Waals surface area contributed by atoms with Gasteiger partial charge in [-0.2, -0.15) is 23.5 Å². The fourth-order valence-corrected chi connectivity index (χ4v) is 4.24. The zero-order valence-electron chi connectivity index (χ0n) is 8.12. The van der Waals surface area contributed by atoms with Crippen LogP contribution in [0.2, 0.25) is 0 Å². The minimum atomic E-state index is -0.250. The van der Waals surface area contributed by atoms with Gasteiger partial charge in [0, 0.05) is 28.4 Å². The van der Waals surface area contributed by atoms with Gasteiger partial charge in [-0.3, -0.25) is 0 Å². The molecule has 74 valence electrons. The molecule has 0 aromatic heterocycles. The summed E-state index contributed by atoms with van der Waals surface area (Å²) in [5.74, 6) is 8.15. The fraction of sp³-hybridized carbons (Fsp3) is 0.800. The van der Waals surface area contributed by atoms with Crippen molar-refractivity contribution in [2.24, 2.45) is 0 Å². The highest BCUT2D eigenvalue weighted by Crippen LogP contribution is 2.33. The van der Waals surface area contributed by atoms with Gasteiger partial charge in [-0.15, -0.1) is 11.8 Å². The Bertz CT molecular complexity index is 207. The third-order valence-corrected chi connectivity index (χ3v) is 5.34. The van der Waals surface area contributed by atoms with Gasteiger partial charge in [0.25, 0.3) is 0 Å². The molecule has 3 heteroatoms. The van der Waals surface area contributed by atoms with Gasteiger partial charge in [0.1, 0.15) is 0 Å².